The van der Waals surface area contributed by atoms with E-state index in [1.54, 1.807) is 37.5 Å². The Hall–Kier alpha value is -1.86. The van der Waals surface area contributed by atoms with E-state index in [0.717, 1.165) is 42.8 Å². The zero-order chi connectivity index (χ0) is 20.0. The van der Waals surface area contributed by atoms with Gasteiger partial charge in [0.05, 0.1) is 13.2 Å². The second-order valence-electron chi connectivity index (χ2n) is 6.75. The Kier molecular flexibility index (Phi) is 7.13. The Balaban J connectivity index is 1.74. The van der Waals surface area contributed by atoms with Crippen molar-refractivity contribution in [1.82, 2.24) is 9.62 Å². The first-order chi connectivity index (χ1) is 13.5. The van der Waals surface area contributed by atoms with E-state index >= 15 is 0 Å². The lowest BCUT2D eigenvalue weighted by Crippen LogP contribution is -2.36. The minimum absolute atomic E-state index is 0.0719. The van der Waals surface area contributed by atoms with Gasteiger partial charge in [0.15, 0.2) is 0 Å². The van der Waals surface area contributed by atoms with Gasteiger partial charge in [-0.3, -0.25) is 4.90 Å². The van der Waals surface area contributed by atoms with E-state index in [1.807, 2.05) is 24.3 Å². The molecular formula is C21H25ClN2O3S. The molecule has 1 fully saturated rings. The molecule has 1 atom stereocenters. The zero-order valence-electron chi connectivity index (χ0n) is 15.8. The quantitative estimate of drug-likeness (QED) is 0.699. The molecule has 5 nitrogen and oxygen atoms in total. The highest BCUT2D eigenvalue weighted by Crippen LogP contribution is 2.31. The van der Waals surface area contributed by atoms with Crippen LogP contribution in [0.5, 0.6) is 5.75 Å². The average molecular weight is 421 g/mol. The highest BCUT2D eigenvalue weighted by atomic mass is 35.5. The third-order valence-corrected chi connectivity index (χ3v) is 6.18. The lowest BCUT2D eigenvalue weighted by Gasteiger charge is -2.29. The number of benzene rings is 2. The number of halogens is 1. The largest absolute Gasteiger partial charge is 0.496 e. The third kappa shape index (κ3) is 5.58. The summed E-state index contributed by atoms with van der Waals surface area (Å²) < 4.78 is 33.2. The summed E-state index contributed by atoms with van der Waals surface area (Å²) in [6, 6.07) is 14.7. The minimum atomic E-state index is -3.57. The molecule has 3 rings (SSSR count). The number of sulfonamides is 1. The van der Waals surface area contributed by atoms with Gasteiger partial charge in [0.2, 0.25) is 10.0 Å². The van der Waals surface area contributed by atoms with Gasteiger partial charge in [-0.25, -0.2) is 13.1 Å². The summed E-state index contributed by atoms with van der Waals surface area (Å²) in [5.74, 6) is 0.773. The van der Waals surface area contributed by atoms with Crippen molar-refractivity contribution in [3.63, 3.8) is 0 Å². The predicted octanol–water partition coefficient (Wildman–Crippen LogP) is 4.08. The van der Waals surface area contributed by atoms with Crippen molar-refractivity contribution >= 4 is 27.7 Å². The van der Waals surface area contributed by atoms with Crippen LogP contribution in [0.1, 0.15) is 30.0 Å². The molecule has 28 heavy (non-hydrogen) atoms. The van der Waals surface area contributed by atoms with Crippen LogP contribution < -0.4 is 9.46 Å². The summed E-state index contributed by atoms with van der Waals surface area (Å²) in [6.45, 7) is 2.18. The average Bonchev–Trinajstić information content (AvgIpc) is 3.22. The Morgan fingerprint density at radius 3 is 2.50 bits per heavy atom. The summed E-state index contributed by atoms with van der Waals surface area (Å²) in [4.78, 5) is 2.31. The second kappa shape index (κ2) is 9.56. The van der Waals surface area contributed by atoms with E-state index < -0.39 is 10.0 Å². The lowest BCUT2D eigenvalue weighted by atomic mass is 10.0. The summed E-state index contributed by atoms with van der Waals surface area (Å²) in [5, 5.41) is 1.81. The molecule has 150 valence electrons. The van der Waals surface area contributed by atoms with Crippen LogP contribution in [0.15, 0.2) is 53.9 Å². The topological polar surface area (TPSA) is 58.6 Å². The molecule has 0 aromatic heterocycles. The first-order valence-corrected chi connectivity index (χ1v) is 11.2. The maximum atomic E-state index is 12.5. The second-order valence-corrected chi connectivity index (χ2v) is 8.84. The van der Waals surface area contributed by atoms with Crippen molar-refractivity contribution in [1.29, 1.82) is 0 Å². The number of hydrogen-bond acceptors (Lipinski definition) is 4. The molecule has 1 aliphatic rings. The van der Waals surface area contributed by atoms with E-state index in [1.165, 1.54) is 5.41 Å². The third-order valence-electron chi connectivity index (χ3n) is 4.87. The van der Waals surface area contributed by atoms with Crippen LogP contribution in [-0.4, -0.2) is 40.1 Å². The summed E-state index contributed by atoms with van der Waals surface area (Å²) >= 11 is 5.86. The zero-order valence-corrected chi connectivity index (χ0v) is 17.4. The number of nitrogens with one attached hydrogen (secondary N) is 1. The number of likely N-dealkylation sites (tertiary alicyclic amines) is 1. The fourth-order valence-corrected chi connectivity index (χ4v) is 4.36. The molecule has 7 heteroatoms. The first kappa shape index (κ1) is 20.9. The van der Waals surface area contributed by atoms with Gasteiger partial charge in [0.25, 0.3) is 0 Å². The van der Waals surface area contributed by atoms with E-state index in [0.29, 0.717) is 5.02 Å². The highest BCUT2D eigenvalue weighted by molar-refractivity contribution is 7.92. The fourth-order valence-electron chi connectivity index (χ4n) is 3.42. The molecule has 1 aliphatic heterocycles. The molecule has 2 aromatic carbocycles. The van der Waals surface area contributed by atoms with Crippen molar-refractivity contribution in [3.05, 3.63) is 70.1 Å². The van der Waals surface area contributed by atoms with Gasteiger partial charge in [-0.1, -0.05) is 41.9 Å². The number of methoxy groups -OCH3 is 1. The van der Waals surface area contributed by atoms with Crippen molar-refractivity contribution in [2.75, 3.05) is 26.7 Å². The Labute approximate surface area is 172 Å². The molecule has 1 heterocycles. The van der Waals surface area contributed by atoms with Gasteiger partial charge in [0, 0.05) is 22.5 Å². The number of hydrogen-bond donors (Lipinski definition) is 1. The summed E-state index contributed by atoms with van der Waals surface area (Å²) in [6.07, 6.45) is 3.80. The molecule has 0 bridgehead atoms. The summed E-state index contributed by atoms with van der Waals surface area (Å²) in [5.41, 5.74) is 1.77. The maximum absolute atomic E-state index is 12.5. The number of rotatable bonds is 8. The van der Waals surface area contributed by atoms with Gasteiger partial charge in [-0.2, -0.15) is 0 Å². The van der Waals surface area contributed by atoms with Crippen LogP contribution in [-0.2, 0) is 10.0 Å². The molecule has 1 unspecified atom stereocenters. The Morgan fingerprint density at radius 2 is 1.82 bits per heavy atom. The number of nitrogens with zero attached hydrogens (tertiary/aromatic N) is 1. The van der Waals surface area contributed by atoms with Crippen LogP contribution in [0.3, 0.4) is 0 Å². The normalized spacial score (nSPS) is 16.5. The molecular weight excluding hydrogens is 396 g/mol. The first-order valence-electron chi connectivity index (χ1n) is 9.29. The van der Waals surface area contributed by atoms with Crippen molar-refractivity contribution in [2.24, 2.45) is 0 Å². The van der Waals surface area contributed by atoms with Gasteiger partial charge in [-0.15, -0.1) is 0 Å². The Morgan fingerprint density at radius 1 is 1.14 bits per heavy atom. The fraction of sp³-hybridized carbons (Fsp3) is 0.333. The Bertz CT molecular complexity index is 908. The van der Waals surface area contributed by atoms with Crippen LogP contribution in [0, 0.1) is 0 Å². The minimum Gasteiger partial charge on any atom is -0.496 e. The van der Waals surface area contributed by atoms with Crippen LogP contribution >= 0.6 is 11.6 Å². The monoisotopic (exact) mass is 420 g/mol. The molecule has 0 aliphatic carbocycles. The van der Waals surface area contributed by atoms with Gasteiger partial charge in [0.1, 0.15) is 5.75 Å². The SMILES string of the molecule is COc1ccccc1C(CNS(=O)(=O)/C=C/c1ccc(Cl)cc1)N1CCCC1. The van der Waals surface area contributed by atoms with Crippen LogP contribution in [0.25, 0.3) is 6.08 Å². The standard InChI is InChI=1S/C21H25ClN2O3S/c1-27-21-7-3-2-6-19(21)20(24-13-4-5-14-24)16-23-28(25,26)15-12-17-8-10-18(22)11-9-17/h2-3,6-12,15,20,23H,4-5,13-14,16H2,1H3/b15-12+. The molecule has 2 aromatic rings. The number of para-hydroxylation sites is 1. The lowest BCUT2D eigenvalue weighted by molar-refractivity contribution is 0.240. The smallest absolute Gasteiger partial charge is 0.233 e. The van der Waals surface area contributed by atoms with Crippen LogP contribution in [0.2, 0.25) is 5.02 Å². The van der Waals surface area contributed by atoms with E-state index in [2.05, 4.69) is 9.62 Å². The van der Waals surface area contributed by atoms with E-state index in [9.17, 15) is 8.42 Å². The van der Waals surface area contributed by atoms with Crippen molar-refractivity contribution in [2.45, 2.75) is 18.9 Å². The van der Waals surface area contributed by atoms with Gasteiger partial charge >= 0.3 is 0 Å². The molecule has 1 N–H and O–H groups in total. The molecule has 0 spiro atoms. The number of ether oxygens (including phenoxy) is 1. The van der Waals surface area contributed by atoms with E-state index in [4.69, 9.17) is 16.3 Å². The van der Waals surface area contributed by atoms with E-state index in [-0.39, 0.29) is 12.6 Å². The maximum Gasteiger partial charge on any atom is 0.233 e. The van der Waals surface area contributed by atoms with Gasteiger partial charge < -0.3 is 4.74 Å². The highest BCUT2D eigenvalue weighted by Gasteiger charge is 2.26. The van der Waals surface area contributed by atoms with Gasteiger partial charge in [-0.05, 0) is 55.8 Å². The van der Waals surface area contributed by atoms with Crippen LogP contribution in [0.4, 0.5) is 0 Å². The summed E-state index contributed by atoms with van der Waals surface area (Å²) in [7, 11) is -1.94. The molecule has 1 saturated heterocycles. The molecule has 0 amide bonds. The molecule has 0 radical (unpaired) electrons. The predicted molar refractivity (Wildman–Crippen MR) is 114 cm³/mol. The van der Waals surface area contributed by atoms with Crippen molar-refractivity contribution in [3.8, 4) is 5.75 Å². The van der Waals surface area contributed by atoms with Crippen molar-refractivity contribution < 1.29 is 13.2 Å². The molecule has 0 saturated carbocycles.